The molecule has 3 rings (SSSR count). The van der Waals surface area contributed by atoms with E-state index in [0.717, 1.165) is 23.0 Å². The second-order valence-electron chi connectivity index (χ2n) is 5.15. The lowest BCUT2D eigenvalue weighted by molar-refractivity contribution is -0.115. The van der Waals surface area contributed by atoms with Crippen LogP contribution in [0.3, 0.4) is 0 Å². The van der Waals surface area contributed by atoms with Gasteiger partial charge in [-0.05, 0) is 36.2 Å². The van der Waals surface area contributed by atoms with E-state index in [1.165, 1.54) is 17.7 Å². The molecular weight excluding hydrogens is 281 g/mol. The van der Waals surface area contributed by atoms with Crippen molar-refractivity contribution in [3.8, 4) is 0 Å². The number of benzene rings is 2. The number of amides is 1. The highest BCUT2D eigenvalue weighted by molar-refractivity contribution is 5.95. The number of fused-ring (bicyclic) bond motifs is 1. The molecule has 0 spiro atoms. The first-order valence-electron chi connectivity index (χ1n) is 7.20. The molecule has 0 fully saturated rings. The monoisotopic (exact) mass is 297 g/mol. The molecule has 0 saturated heterocycles. The highest BCUT2D eigenvalue weighted by Crippen LogP contribution is 2.24. The fourth-order valence-corrected chi connectivity index (χ4v) is 2.42. The van der Waals surface area contributed by atoms with Crippen molar-refractivity contribution < 1.29 is 13.6 Å². The van der Waals surface area contributed by atoms with Crippen molar-refractivity contribution in [2.75, 3.05) is 5.32 Å². The maximum Gasteiger partial charge on any atom is 0.229 e. The first-order valence-corrected chi connectivity index (χ1v) is 7.20. The van der Waals surface area contributed by atoms with E-state index in [2.05, 4.69) is 12.2 Å². The number of rotatable bonds is 4. The Morgan fingerprint density at radius 2 is 2.05 bits per heavy atom. The van der Waals surface area contributed by atoms with Crippen LogP contribution in [-0.2, 0) is 17.6 Å². The fraction of sp³-hybridized carbons (Fsp3) is 0.167. The molecular formula is C18H16FNO2. The highest BCUT2D eigenvalue weighted by atomic mass is 19.1. The van der Waals surface area contributed by atoms with Crippen molar-refractivity contribution in [2.45, 2.75) is 19.8 Å². The molecule has 3 nitrogen and oxygen atoms in total. The number of carbonyl (C=O) groups excluding carboxylic acids is 1. The molecule has 0 aliphatic rings. The molecule has 0 bridgehead atoms. The summed E-state index contributed by atoms with van der Waals surface area (Å²) in [6, 6.07) is 12.1. The number of anilines is 1. The molecule has 4 heteroatoms. The normalized spacial score (nSPS) is 10.8. The van der Waals surface area contributed by atoms with Crippen molar-refractivity contribution >= 4 is 22.6 Å². The van der Waals surface area contributed by atoms with Gasteiger partial charge >= 0.3 is 0 Å². The highest BCUT2D eigenvalue weighted by Gasteiger charge is 2.12. The van der Waals surface area contributed by atoms with Gasteiger partial charge in [0.2, 0.25) is 5.91 Å². The largest absolute Gasteiger partial charge is 0.464 e. The second-order valence-corrected chi connectivity index (χ2v) is 5.15. The molecule has 1 aromatic heterocycles. The number of hydrogen-bond donors (Lipinski definition) is 1. The summed E-state index contributed by atoms with van der Waals surface area (Å²) in [7, 11) is 0. The molecule has 0 aliphatic heterocycles. The van der Waals surface area contributed by atoms with Gasteiger partial charge in [0.1, 0.15) is 11.4 Å². The Morgan fingerprint density at radius 3 is 2.82 bits per heavy atom. The molecule has 0 atom stereocenters. The summed E-state index contributed by atoms with van der Waals surface area (Å²) in [6.45, 7) is 2.08. The van der Waals surface area contributed by atoms with Crippen LogP contribution < -0.4 is 5.32 Å². The van der Waals surface area contributed by atoms with Gasteiger partial charge in [0.25, 0.3) is 0 Å². The minimum absolute atomic E-state index is 0.147. The Labute approximate surface area is 127 Å². The first-order chi connectivity index (χ1) is 10.7. The molecule has 2 aromatic carbocycles. The second kappa shape index (κ2) is 6.02. The van der Waals surface area contributed by atoms with E-state index in [1.54, 1.807) is 18.4 Å². The summed E-state index contributed by atoms with van der Waals surface area (Å²) in [5.41, 5.74) is 2.93. The van der Waals surface area contributed by atoms with Gasteiger partial charge < -0.3 is 9.73 Å². The Hall–Kier alpha value is -2.62. The molecule has 1 amide bonds. The van der Waals surface area contributed by atoms with Gasteiger partial charge in [0, 0.05) is 10.9 Å². The molecule has 0 saturated carbocycles. The van der Waals surface area contributed by atoms with Crippen LogP contribution >= 0.6 is 0 Å². The van der Waals surface area contributed by atoms with Crippen LogP contribution in [0.15, 0.2) is 53.1 Å². The van der Waals surface area contributed by atoms with Gasteiger partial charge in [-0.15, -0.1) is 0 Å². The minimum atomic E-state index is -0.443. The van der Waals surface area contributed by atoms with E-state index in [0.29, 0.717) is 0 Å². The van der Waals surface area contributed by atoms with Gasteiger partial charge in [-0.3, -0.25) is 4.79 Å². The predicted molar refractivity (Wildman–Crippen MR) is 84.3 cm³/mol. The number of para-hydroxylation sites is 1. The van der Waals surface area contributed by atoms with E-state index in [4.69, 9.17) is 4.42 Å². The topological polar surface area (TPSA) is 42.2 Å². The zero-order chi connectivity index (χ0) is 15.5. The van der Waals surface area contributed by atoms with Gasteiger partial charge in [0.15, 0.2) is 0 Å². The van der Waals surface area contributed by atoms with E-state index in [-0.39, 0.29) is 18.0 Å². The lowest BCUT2D eigenvalue weighted by atomic mass is 10.1. The molecule has 22 heavy (non-hydrogen) atoms. The number of aryl methyl sites for hydroxylation is 1. The van der Waals surface area contributed by atoms with Crippen LogP contribution in [0.4, 0.5) is 10.1 Å². The van der Waals surface area contributed by atoms with Gasteiger partial charge in [-0.1, -0.05) is 25.1 Å². The zero-order valence-electron chi connectivity index (χ0n) is 12.2. The summed E-state index contributed by atoms with van der Waals surface area (Å²) in [5.74, 6) is -0.712. The number of halogens is 1. The standard InChI is InChI=1S/C18H16FNO2/c1-2-12-7-8-17-14(9-12)13(11-22-17)10-18(21)20-16-6-4-3-5-15(16)19/h3-9,11H,2,10H2,1H3,(H,20,21). The Balaban J connectivity index is 1.81. The zero-order valence-corrected chi connectivity index (χ0v) is 12.2. The third-order valence-electron chi connectivity index (χ3n) is 3.63. The van der Waals surface area contributed by atoms with E-state index >= 15 is 0 Å². The van der Waals surface area contributed by atoms with Crippen molar-refractivity contribution in [3.63, 3.8) is 0 Å². The van der Waals surface area contributed by atoms with Crippen LogP contribution in [0, 0.1) is 5.82 Å². The Bertz CT molecular complexity index is 823. The summed E-state index contributed by atoms with van der Waals surface area (Å²) >= 11 is 0. The number of hydrogen-bond acceptors (Lipinski definition) is 2. The van der Waals surface area contributed by atoms with Crippen LogP contribution in [0.2, 0.25) is 0 Å². The van der Waals surface area contributed by atoms with Crippen molar-refractivity contribution in [2.24, 2.45) is 0 Å². The Morgan fingerprint density at radius 1 is 1.23 bits per heavy atom. The maximum atomic E-state index is 13.5. The average Bonchev–Trinajstić information content (AvgIpc) is 2.91. The fourth-order valence-electron chi connectivity index (χ4n) is 2.42. The third-order valence-corrected chi connectivity index (χ3v) is 3.63. The van der Waals surface area contributed by atoms with Gasteiger partial charge in [-0.2, -0.15) is 0 Å². The molecule has 1 N–H and O–H groups in total. The SMILES string of the molecule is CCc1ccc2occ(CC(=O)Nc3ccccc3F)c2c1. The maximum absolute atomic E-state index is 13.5. The van der Waals surface area contributed by atoms with Gasteiger partial charge in [-0.25, -0.2) is 4.39 Å². The van der Waals surface area contributed by atoms with Crippen molar-refractivity contribution in [3.05, 3.63) is 65.7 Å². The number of furan rings is 1. The summed E-state index contributed by atoms with van der Waals surface area (Å²) in [5, 5.41) is 3.52. The summed E-state index contributed by atoms with van der Waals surface area (Å²) in [6.07, 6.45) is 2.65. The predicted octanol–water partition coefficient (Wildman–Crippen LogP) is 4.32. The number of nitrogens with one attached hydrogen (secondary N) is 1. The lowest BCUT2D eigenvalue weighted by Gasteiger charge is -2.05. The third kappa shape index (κ3) is 2.86. The van der Waals surface area contributed by atoms with Crippen LogP contribution in [0.25, 0.3) is 11.0 Å². The van der Waals surface area contributed by atoms with E-state index in [9.17, 15) is 9.18 Å². The summed E-state index contributed by atoms with van der Waals surface area (Å²) in [4.78, 5) is 12.1. The molecule has 0 radical (unpaired) electrons. The molecule has 3 aromatic rings. The lowest BCUT2D eigenvalue weighted by Crippen LogP contribution is -2.15. The Kier molecular flexibility index (Phi) is 3.92. The van der Waals surface area contributed by atoms with E-state index < -0.39 is 5.82 Å². The molecule has 0 aliphatic carbocycles. The van der Waals surface area contributed by atoms with Crippen molar-refractivity contribution in [1.29, 1.82) is 0 Å². The molecule has 1 heterocycles. The smallest absolute Gasteiger partial charge is 0.229 e. The average molecular weight is 297 g/mol. The minimum Gasteiger partial charge on any atom is -0.464 e. The molecule has 0 unspecified atom stereocenters. The summed E-state index contributed by atoms with van der Waals surface area (Å²) < 4.78 is 19.0. The van der Waals surface area contributed by atoms with Crippen LogP contribution in [0.1, 0.15) is 18.1 Å². The quantitative estimate of drug-likeness (QED) is 0.779. The first kappa shape index (κ1) is 14.3. The molecule has 112 valence electrons. The van der Waals surface area contributed by atoms with Gasteiger partial charge in [0.05, 0.1) is 18.4 Å². The van der Waals surface area contributed by atoms with Crippen LogP contribution in [-0.4, -0.2) is 5.91 Å². The van der Waals surface area contributed by atoms with Crippen molar-refractivity contribution in [1.82, 2.24) is 0 Å². The van der Waals surface area contributed by atoms with E-state index in [1.807, 2.05) is 18.2 Å². The van der Waals surface area contributed by atoms with Crippen LogP contribution in [0.5, 0.6) is 0 Å². The number of carbonyl (C=O) groups is 1.